The molecule has 1 saturated heterocycles. The van der Waals surface area contributed by atoms with E-state index in [1.54, 1.807) is 24.4 Å². The van der Waals surface area contributed by atoms with Gasteiger partial charge in [-0.2, -0.15) is 0 Å². The Hall–Kier alpha value is -2.40. The van der Waals surface area contributed by atoms with Crippen molar-refractivity contribution in [3.63, 3.8) is 0 Å². The molecular formula is C19H22N2O3. The zero-order valence-corrected chi connectivity index (χ0v) is 13.8. The van der Waals surface area contributed by atoms with Crippen molar-refractivity contribution in [1.82, 2.24) is 9.88 Å². The Kier molecular flexibility index (Phi) is 5.11. The number of likely N-dealkylation sites (tertiary alicyclic amines) is 1. The second kappa shape index (κ2) is 7.45. The first kappa shape index (κ1) is 16.5. The van der Waals surface area contributed by atoms with Crippen LogP contribution in [0, 0.1) is 0 Å². The number of benzene rings is 1. The third-order valence-corrected chi connectivity index (χ3v) is 4.45. The average molecular weight is 326 g/mol. The highest BCUT2D eigenvalue weighted by Crippen LogP contribution is 2.34. The van der Waals surface area contributed by atoms with Gasteiger partial charge >= 0.3 is 0 Å². The lowest BCUT2D eigenvalue weighted by atomic mass is 10.0. The molecule has 0 radical (unpaired) electrons. The standard InChI is InChI=1S/C19H22N2O3/c1-24-17-4-2-3-15(11-17)18-12-16(22)13-21(18)19(23)6-5-14-7-9-20-10-8-14/h2-4,7-11,16,18,22H,5-6,12-13H2,1H3/t16-,18+/m1/s1. The van der Waals surface area contributed by atoms with Crippen LogP contribution in [-0.4, -0.2) is 40.7 Å². The molecule has 0 saturated carbocycles. The van der Waals surface area contributed by atoms with Crippen LogP contribution in [0.3, 0.4) is 0 Å². The first-order chi connectivity index (χ1) is 11.7. The minimum Gasteiger partial charge on any atom is -0.497 e. The lowest BCUT2D eigenvalue weighted by Gasteiger charge is -2.25. The molecular weight excluding hydrogens is 304 g/mol. The van der Waals surface area contributed by atoms with Gasteiger partial charge in [-0.3, -0.25) is 9.78 Å². The fraction of sp³-hybridized carbons (Fsp3) is 0.368. The number of ether oxygens (including phenoxy) is 1. The SMILES string of the molecule is COc1cccc([C@@H]2C[C@@H](O)CN2C(=O)CCc2ccncc2)c1. The van der Waals surface area contributed by atoms with E-state index in [2.05, 4.69) is 4.98 Å². The summed E-state index contributed by atoms with van der Waals surface area (Å²) in [5.41, 5.74) is 2.10. The van der Waals surface area contributed by atoms with Crippen LogP contribution in [0.1, 0.15) is 30.0 Å². The van der Waals surface area contributed by atoms with E-state index in [4.69, 9.17) is 4.74 Å². The zero-order chi connectivity index (χ0) is 16.9. The minimum absolute atomic E-state index is 0.0659. The largest absolute Gasteiger partial charge is 0.497 e. The summed E-state index contributed by atoms with van der Waals surface area (Å²) in [5.74, 6) is 0.828. The summed E-state index contributed by atoms with van der Waals surface area (Å²) in [7, 11) is 1.63. The van der Waals surface area contributed by atoms with E-state index in [0.29, 0.717) is 25.8 Å². The molecule has 126 valence electrons. The first-order valence-corrected chi connectivity index (χ1v) is 8.18. The second-order valence-electron chi connectivity index (χ2n) is 6.08. The molecule has 1 N–H and O–H groups in total. The molecule has 1 aromatic heterocycles. The topological polar surface area (TPSA) is 62.7 Å². The molecule has 2 heterocycles. The van der Waals surface area contributed by atoms with E-state index in [-0.39, 0.29) is 11.9 Å². The summed E-state index contributed by atoms with van der Waals surface area (Å²) in [4.78, 5) is 18.5. The highest BCUT2D eigenvalue weighted by molar-refractivity contribution is 5.77. The summed E-state index contributed by atoms with van der Waals surface area (Å²) in [6.07, 6.45) is 4.66. The number of carbonyl (C=O) groups excluding carboxylic acids is 1. The van der Waals surface area contributed by atoms with Gasteiger partial charge in [0.2, 0.25) is 5.91 Å². The Morgan fingerprint density at radius 1 is 1.33 bits per heavy atom. The molecule has 3 rings (SSSR count). The van der Waals surface area contributed by atoms with Gasteiger partial charge in [0, 0.05) is 25.4 Å². The smallest absolute Gasteiger partial charge is 0.223 e. The van der Waals surface area contributed by atoms with Gasteiger partial charge in [0.25, 0.3) is 0 Å². The predicted octanol–water partition coefficient (Wildman–Crippen LogP) is 2.36. The molecule has 1 fully saturated rings. The molecule has 0 aliphatic carbocycles. The van der Waals surface area contributed by atoms with Crippen molar-refractivity contribution < 1.29 is 14.6 Å². The van der Waals surface area contributed by atoms with Crippen LogP contribution >= 0.6 is 0 Å². The number of amides is 1. The number of hydrogen-bond acceptors (Lipinski definition) is 4. The third-order valence-electron chi connectivity index (χ3n) is 4.45. The predicted molar refractivity (Wildman–Crippen MR) is 90.6 cm³/mol. The number of aliphatic hydroxyl groups excluding tert-OH is 1. The Labute approximate surface area is 141 Å². The molecule has 5 nitrogen and oxygen atoms in total. The van der Waals surface area contributed by atoms with Crippen molar-refractivity contribution in [1.29, 1.82) is 0 Å². The van der Waals surface area contributed by atoms with Gasteiger partial charge in [-0.25, -0.2) is 0 Å². The van der Waals surface area contributed by atoms with Gasteiger partial charge in [-0.1, -0.05) is 12.1 Å². The lowest BCUT2D eigenvalue weighted by molar-refractivity contribution is -0.132. The number of pyridine rings is 1. The van der Waals surface area contributed by atoms with Crippen molar-refractivity contribution in [2.45, 2.75) is 31.4 Å². The van der Waals surface area contributed by atoms with Crippen LogP contribution < -0.4 is 4.74 Å². The molecule has 5 heteroatoms. The fourth-order valence-electron chi connectivity index (χ4n) is 3.20. The van der Waals surface area contributed by atoms with Crippen molar-refractivity contribution in [3.05, 3.63) is 59.9 Å². The molecule has 0 spiro atoms. The fourth-order valence-corrected chi connectivity index (χ4v) is 3.20. The summed E-state index contributed by atoms with van der Waals surface area (Å²) in [6.45, 7) is 0.386. The number of β-amino-alcohol motifs (C(OH)–C–C–N with tert-alkyl or cyclic N) is 1. The maximum atomic E-state index is 12.7. The number of nitrogens with zero attached hydrogens (tertiary/aromatic N) is 2. The highest BCUT2D eigenvalue weighted by Gasteiger charge is 2.35. The van der Waals surface area contributed by atoms with Gasteiger partial charge in [0.1, 0.15) is 5.75 Å². The number of rotatable bonds is 5. The molecule has 0 bridgehead atoms. The molecule has 2 atom stereocenters. The highest BCUT2D eigenvalue weighted by atomic mass is 16.5. The molecule has 0 unspecified atom stereocenters. The Bertz CT molecular complexity index is 690. The summed E-state index contributed by atoms with van der Waals surface area (Å²) >= 11 is 0. The number of methoxy groups -OCH3 is 1. The van der Waals surface area contributed by atoms with Gasteiger partial charge < -0.3 is 14.7 Å². The minimum atomic E-state index is -0.480. The quantitative estimate of drug-likeness (QED) is 0.916. The Balaban J connectivity index is 1.71. The van der Waals surface area contributed by atoms with Crippen molar-refractivity contribution in [3.8, 4) is 5.75 Å². The van der Waals surface area contributed by atoms with Crippen LogP contribution in [0.5, 0.6) is 5.75 Å². The third kappa shape index (κ3) is 3.74. The molecule has 1 aliphatic rings. The molecule has 1 aliphatic heterocycles. The van der Waals surface area contributed by atoms with Crippen LogP contribution in [-0.2, 0) is 11.2 Å². The maximum absolute atomic E-state index is 12.7. The number of carbonyl (C=O) groups is 1. The summed E-state index contributed by atoms with van der Waals surface area (Å²) in [6, 6.07) is 11.5. The van der Waals surface area contributed by atoms with E-state index >= 15 is 0 Å². The second-order valence-corrected chi connectivity index (χ2v) is 6.08. The lowest BCUT2D eigenvalue weighted by Crippen LogP contribution is -2.31. The van der Waals surface area contributed by atoms with Gasteiger partial charge in [0.15, 0.2) is 0 Å². The van der Waals surface area contributed by atoms with Crippen LogP contribution in [0.2, 0.25) is 0 Å². The number of aromatic nitrogens is 1. The Morgan fingerprint density at radius 2 is 2.12 bits per heavy atom. The monoisotopic (exact) mass is 326 g/mol. The van der Waals surface area contributed by atoms with Gasteiger partial charge in [0.05, 0.1) is 19.3 Å². The van der Waals surface area contributed by atoms with Crippen molar-refractivity contribution in [2.24, 2.45) is 0 Å². The van der Waals surface area contributed by atoms with Gasteiger partial charge in [-0.05, 0) is 48.2 Å². The Morgan fingerprint density at radius 3 is 2.88 bits per heavy atom. The van der Waals surface area contributed by atoms with Crippen molar-refractivity contribution >= 4 is 5.91 Å². The number of hydrogen-bond donors (Lipinski definition) is 1. The van der Waals surface area contributed by atoms with E-state index in [1.165, 1.54) is 0 Å². The summed E-state index contributed by atoms with van der Waals surface area (Å²) < 4.78 is 5.27. The zero-order valence-electron chi connectivity index (χ0n) is 13.8. The summed E-state index contributed by atoms with van der Waals surface area (Å²) in [5, 5.41) is 10.1. The molecule has 1 aromatic carbocycles. The normalized spacial score (nSPS) is 20.2. The van der Waals surface area contributed by atoms with Crippen LogP contribution in [0.15, 0.2) is 48.8 Å². The van der Waals surface area contributed by atoms with E-state index in [9.17, 15) is 9.90 Å². The van der Waals surface area contributed by atoms with E-state index in [1.807, 2.05) is 36.4 Å². The van der Waals surface area contributed by atoms with E-state index in [0.717, 1.165) is 16.9 Å². The molecule has 1 amide bonds. The number of aliphatic hydroxyl groups is 1. The number of aryl methyl sites for hydroxylation is 1. The maximum Gasteiger partial charge on any atom is 0.223 e. The van der Waals surface area contributed by atoms with Crippen molar-refractivity contribution in [2.75, 3.05) is 13.7 Å². The molecule has 2 aromatic rings. The average Bonchev–Trinajstić information content (AvgIpc) is 3.02. The van der Waals surface area contributed by atoms with Crippen LogP contribution in [0.25, 0.3) is 0 Å². The van der Waals surface area contributed by atoms with Crippen LogP contribution in [0.4, 0.5) is 0 Å². The molecule has 24 heavy (non-hydrogen) atoms. The van der Waals surface area contributed by atoms with Gasteiger partial charge in [-0.15, -0.1) is 0 Å². The first-order valence-electron chi connectivity index (χ1n) is 8.18. The van der Waals surface area contributed by atoms with E-state index < -0.39 is 6.10 Å².